The van der Waals surface area contributed by atoms with E-state index in [9.17, 15) is 14.7 Å². The van der Waals surface area contributed by atoms with Gasteiger partial charge in [0.05, 0.1) is 19.2 Å². The third-order valence-electron chi connectivity index (χ3n) is 6.83. The van der Waals surface area contributed by atoms with Crippen molar-refractivity contribution in [1.82, 2.24) is 20.1 Å². The van der Waals surface area contributed by atoms with Crippen molar-refractivity contribution in [3.63, 3.8) is 0 Å². The minimum absolute atomic E-state index is 0.0229. The molecule has 8 nitrogen and oxygen atoms in total. The Morgan fingerprint density at radius 2 is 2.06 bits per heavy atom. The van der Waals surface area contributed by atoms with Gasteiger partial charge in [0, 0.05) is 43.7 Å². The number of aliphatic hydroxyl groups excluding tert-OH is 1. The Labute approximate surface area is 209 Å². The Morgan fingerprint density at radius 1 is 1.34 bits per heavy atom. The van der Waals surface area contributed by atoms with Crippen molar-refractivity contribution in [2.45, 2.75) is 78.0 Å². The molecule has 0 saturated heterocycles. The van der Waals surface area contributed by atoms with Crippen LogP contribution in [0.3, 0.4) is 0 Å². The second kappa shape index (κ2) is 12.3. The second-order valence-electron chi connectivity index (χ2n) is 10.3. The topological polar surface area (TPSA) is 95.0 Å². The van der Waals surface area contributed by atoms with Crippen molar-refractivity contribution in [2.24, 2.45) is 11.8 Å². The van der Waals surface area contributed by atoms with Gasteiger partial charge >= 0.3 is 6.03 Å². The van der Waals surface area contributed by atoms with Crippen LogP contribution in [0.1, 0.15) is 75.7 Å². The molecule has 35 heavy (non-hydrogen) atoms. The normalized spacial score (nSPS) is 21.3. The molecule has 2 heterocycles. The molecule has 1 aliphatic carbocycles. The maximum atomic E-state index is 13.5. The highest BCUT2D eigenvalue weighted by molar-refractivity contribution is 5.97. The number of ether oxygens (including phenoxy) is 1. The predicted octanol–water partition coefficient (Wildman–Crippen LogP) is 3.28. The van der Waals surface area contributed by atoms with Crippen LogP contribution in [-0.2, 0) is 0 Å². The molecule has 2 N–H and O–H groups in total. The lowest BCUT2D eigenvalue weighted by Crippen LogP contribution is -2.51. The first-order valence-electron chi connectivity index (χ1n) is 12.8. The van der Waals surface area contributed by atoms with Gasteiger partial charge in [-0.25, -0.2) is 9.78 Å². The van der Waals surface area contributed by atoms with Gasteiger partial charge in [0.25, 0.3) is 5.91 Å². The standard InChI is InChI=1S/C27H40N4O4/c1-18(2)29-27(34)30(5)16-24-19(3)15-31(20(4)17-32)26(33)23-13-22(14-28-25(23)35-24)12-8-11-21-9-6-7-10-21/h13-14,18-21,24,32H,6-7,9-11,15-17H2,1-5H3,(H,29,34)/t19-,20+,24+/m1/s1. The Morgan fingerprint density at radius 3 is 2.71 bits per heavy atom. The number of carbonyl (C=O) groups excluding carboxylic acids is 2. The van der Waals surface area contributed by atoms with Crippen LogP contribution in [0.2, 0.25) is 0 Å². The summed E-state index contributed by atoms with van der Waals surface area (Å²) in [6.45, 7) is 8.20. The fourth-order valence-corrected chi connectivity index (χ4v) is 4.61. The fraction of sp³-hybridized carbons (Fsp3) is 0.667. The van der Waals surface area contributed by atoms with Crippen LogP contribution in [0.25, 0.3) is 0 Å². The molecule has 1 fully saturated rings. The van der Waals surface area contributed by atoms with E-state index in [1.54, 1.807) is 29.1 Å². The molecule has 1 saturated carbocycles. The number of hydrogen-bond donors (Lipinski definition) is 2. The summed E-state index contributed by atoms with van der Waals surface area (Å²) in [6.07, 6.45) is 7.16. The van der Waals surface area contributed by atoms with E-state index in [1.807, 2.05) is 27.7 Å². The molecule has 1 aromatic heterocycles. The van der Waals surface area contributed by atoms with E-state index in [0.717, 1.165) is 6.42 Å². The van der Waals surface area contributed by atoms with Crippen LogP contribution < -0.4 is 10.1 Å². The molecule has 192 valence electrons. The van der Waals surface area contributed by atoms with Crippen molar-refractivity contribution in [2.75, 3.05) is 26.7 Å². The minimum atomic E-state index is -0.384. The lowest BCUT2D eigenvalue weighted by atomic mass is 10.00. The smallest absolute Gasteiger partial charge is 0.317 e. The molecule has 3 amide bonds. The summed E-state index contributed by atoms with van der Waals surface area (Å²) in [6, 6.07) is 1.21. The number of amides is 3. The highest BCUT2D eigenvalue weighted by atomic mass is 16.5. The first-order valence-corrected chi connectivity index (χ1v) is 12.8. The van der Waals surface area contributed by atoms with E-state index in [2.05, 4.69) is 22.1 Å². The highest BCUT2D eigenvalue weighted by Crippen LogP contribution is 2.28. The predicted molar refractivity (Wildman–Crippen MR) is 135 cm³/mol. The van der Waals surface area contributed by atoms with Gasteiger partial charge in [0.2, 0.25) is 5.88 Å². The number of carbonyl (C=O) groups is 2. The number of aliphatic hydroxyl groups is 1. The van der Waals surface area contributed by atoms with Crippen molar-refractivity contribution in [1.29, 1.82) is 0 Å². The zero-order chi connectivity index (χ0) is 25.5. The zero-order valence-electron chi connectivity index (χ0n) is 21.7. The molecule has 2 aliphatic rings. The molecular formula is C27H40N4O4. The molecule has 0 spiro atoms. The molecule has 3 rings (SSSR count). The number of aromatic nitrogens is 1. The lowest BCUT2D eigenvalue weighted by molar-refractivity contribution is 0.0351. The summed E-state index contributed by atoms with van der Waals surface area (Å²) in [5.74, 6) is 7.01. The maximum absolute atomic E-state index is 13.5. The number of nitrogens with zero attached hydrogens (tertiary/aromatic N) is 3. The average Bonchev–Trinajstić information content (AvgIpc) is 3.34. The van der Waals surface area contributed by atoms with Gasteiger partial charge in [-0.2, -0.15) is 0 Å². The van der Waals surface area contributed by atoms with E-state index in [0.29, 0.717) is 30.1 Å². The summed E-state index contributed by atoms with van der Waals surface area (Å²) in [5, 5.41) is 12.7. The van der Waals surface area contributed by atoms with Crippen LogP contribution in [0.5, 0.6) is 5.88 Å². The molecule has 1 aliphatic heterocycles. The summed E-state index contributed by atoms with van der Waals surface area (Å²) in [7, 11) is 1.73. The zero-order valence-corrected chi connectivity index (χ0v) is 21.7. The van der Waals surface area contributed by atoms with Gasteiger partial charge in [-0.15, -0.1) is 0 Å². The number of likely N-dealkylation sites (N-methyl/N-ethyl adjacent to an activating group) is 1. The van der Waals surface area contributed by atoms with Gasteiger partial charge < -0.3 is 25.0 Å². The second-order valence-corrected chi connectivity index (χ2v) is 10.3. The van der Waals surface area contributed by atoms with Crippen molar-refractivity contribution in [3.8, 4) is 17.7 Å². The minimum Gasteiger partial charge on any atom is -0.472 e. The average molecular weight is 485 g/mol. The molecular weight excluding hydrogens is 444 g/mol. The van der Waals surface area contributed by atoms with E-state index >= 15 is 0 Å². The maximum Gasteiger partial charge on any atom is 0.317 e. The first-order chi connectivity index (χ1) is 16.7. The Bertz CT molecular complexity index is 948. The summed E-state index contributed by atoms with van der Waals surface area (Å²) in [5.41, 5.74) is 1.01. The van der Waals surface area contributed by atoms with E-state index < -0.39 is 0 Å². The SMILES string of the molecule is CC(C)NC(=O)N(C)C[C@@H]1Oc2ncc(C#CCC3CCCC3)cc2C(=O)N([C@@H](C)CO)C[C@H]1C. The molecule has 1 aromatic rings. The van der Waals surface area contributed by atoms with Crippen LogP contribution >= 0.6 is 0 Å². The summed E-state index contributed by atoms with van der Waals surface area (Å²) in [4.78, 5) is 33.7. The Kier molecular flexibility index (Phi) is 9.39. The largest absolute Gasteiger partial charge is 0.472 e. The van der Waals surface area contributed by atoms with Crippen LogP contribution in [0.4, 0.5) is 4.79 Å². The Balaban J connectivity index is 1.87. The third kappa shape index (κ3) is 7.11. The van der Waals surface area contributed by atoms with Gasteiger partial charge in [0.15, 0.2) is 0 Å². The quantitative estimate of drug-likeness (QED) is 0.605. The molecule has 8 heteroatoms. The summed E-state index contributed by atoms with van der Waals surface area (Å²) < 4.78 is 6.26. The lowest BCUT2D eigenvalue weighted by Gasteiger charge is -2.37. The third-order valence-corrected chi connectivity index (χ3v) is 6.83. The van der Waals surface area contributed by atoms with Crippen molar-refractivity contribution < 1.29 is 19.4 Å². The van der Waals surface area contributed by atoms with Gasteiger partial charge in [0.1, 0.15) is 11.7 Å². The van der Waals surface area contributed by atoms with Crippen LogP contribution in [-0.4, -0.2) is 76.8 Å². The van der Waals surface area contributed by atoms with Gasteiger partial charge in [-0.3, -0.25) is 4.79 Å². The molecule has 0 bridgehead atoms. The van der Waals surface area contributed by atoms with Crippen LogP contribution in [0, 0.1) is 23.7 Å². The van der Waals surface area contributed by atoms with Gasteiger partial charge in [-0.1, -0.05) is 31.6 Å². The molecule has 0 unspecified atom stereocenters. The number of rotatable bonds is 6. The summed E-state index contributed by atoms with van der Waals surface area (Å²) >= 11 is 0. The number of hydrogen-bond acceptors (Lipinski definition) is 5. The highest BCUT2D eigenvalue weighted by Gasteiger charge is 2.34. The number of pyridine rings is 1. The van der Waals surface area contributed by atoms with E-state index in [-0.39, 0.29) is 48.5 Å². The van der Waals surface area contributed by atoms with Gasteiger partial charge in [-0.05, 0) is 45.6 Å². The van der Waals surface area contributed by atoms with Crippen molar-refractivity contribution in [3.05, 3.63) is 23.4 Å². The fourth-order valence-electron chi connectivity index (χ4n) is 4.61. The monoisotopic (exact) mass is 484 g/mol. The van der Waals surface area contributed by atoms with Crippen LogP contribution in [0.15, 0.2) is 12.3 Å². The molecule has 0 radical (unpaired) electrons. The van der Waals surface area contributed by atoms with E-state index in [1.165, 1.54) is 25.7 Å². The number of nitrogens with one attached hydrogen (secondary N) is 1. The molecule has 3 atom stereocenters. The first kappa shape index (κ1) is 26.8. The number of fused-ring (bicyclic) bond motifs is 1. The Hall–Kier alpha value is -2.79. The molecule has 0 aromatic carbocycles. The number of urea groups is 1. The van der Waals surface area contributed by atoms with E-state index in [4.69, 9.17) is 4.74 Å². The van der Waals surface area contributed by atoms with Crippen molar-refractivity contribution >= 4 is 11.9 Å².